The van der Waals surface area contributed by atoms with Crippen molar-refractivity contribution in [1.29, 1.82) is 0 Å². The van der Waals surface area contributed by atoms with Crippen LogP contribution in [0.1, 0.15) is 35.2 Å². The average Bonchev–Trinajstić information content (AvgIpc) is 2.53. The van der Waals surface area contributed by atoms with E-state index in [1.165, 1.54) is 22.9 Å². The van der Waals surface area contributed by atoms with Gasteiger partial charge in [0.1, 0.15) is 0 Å². The predicted octanol–water partition coefficient (Wildman–Crippen LogP) is 3.82. The Kier molecular flexibility index (Phi) is 6.89. The van der Waals surface area contributed by atoms with Gasteiger partial charge in [-0.15, -0.1) is 11.8 Å². The molecule has 0 heterocycles. The fraction of sp³-hybridized carbons (Fsp3) is 0.350. The number of thioether (sulfide) groups is 1. The number of aryl methyl sites for hydroxylation is 2. The maximum Gasteiger partial charge on any atom is 0.230 e. The van der Waals surface area contributed by atoms with Crippen LogP contribution in [0.5, 0.6) is 0 Å². The molecule has 1 N–H and O–H groups in total. The van der Waals surface area contributed by atoms with Gasteiger partial charge < -0.3 is 5.32 Å². The highest BCUT2D eigenvalue weighted by Crippen LogP contribution is 2.18. The van der Waals surface area contributed by atoms with Crippen LogP contribution in [0, 0.1) is 13.8 Å². The standard InChI is InChI=1S/C20H25NO3S2/c1-14-9-15(2)11-17(10-14)12-25-13-20(22)21-16(3)18-5-7-19(8-6-18)26(4,23)24/h5-11,16H,12-13H2,1-4H3,(H,21,22)/t16-/m0/s1. The van der Waals surface area contributed by atoms with Crippen LogP contribution >= 0.6 is 11.8 Å². The Hall–Kier alpha value is -1.79. The van der Waals surface area contributed by atoms with Crippen LogP contribution in [0.4, 0.5) is 0 Å². The van der Waals surface area contributed by atoms with E-state index in [1.54, 1.807) is 36.0 Å². The summed E-state index contributed by atoms with van der Waals surface area (Å²) < 4.78 is 23.0. The van der Waals surface area contributed by atoms with E-state index >= 15 is 0 Å². The van der Waals surface area contributed by atoms with Crippen molar-refractivity contribution in [2.24, 2.45) is 0 Å². The monoisotopic (exact) mass is 391 g/mol. The van der Waals surface area contributed by atoms with Crippen molar-refractivity contribution in [2.45, 2.75) is 37.5 Å². The van der Waals surface area contributed by atoms with Gasteiger partial charge in [-0.05, 0) is 44.0 Å². The molecule has 0 spiro atoms. The number of hydrogen-bond acceptors (Lipinski definition) is 4. The highest BCUT2D eigenvalue weighted by Gasteiger charge is 2.12. The van der Waals surface area contributed by atoms with Crippen molar-refractivity contribution >= 4 is 27.5 Å². The van der Waals surface area contributed by atoms with Crippen LogP contribution in [0.2, 0.25) is 0 Å². The molecule has 1 atom stereocenters. The molecule has 2 rings (SSSR count). The van der Waals surface area contributed by atoms with E-state index in [9.17, 15) is 13.2 Å². The normalized spacial score (nSPS) is 12.6. The van der Waals surface area contributed by atoms with E-state index in [0.29, 0.717) is 5.75 Å². The molecule has 140 valence electrons. The third-order valence-electron chi connectivity index (χ3n) is 3.97. The molecule has 26 heavy (non-hydrogen) atoms. The van der Waals surface area contributed by atoms with Gasteiger partial charge >= 0.3 is 0 Å². The van der Waals surface area contributed by atoms with Crippen molar-refractivity contribution in [2.75, 3.05) is 12.0 Å². The zero-order valence-corrected chi connectivity index (χ0v) is 17.2. The molecule has 0 aliphatic rings. The Bertz CT molecular complexity index is 854. The minimum Gasteiger partial charge on any atom is -0.349 e. The number of nitrogens with one attached hydrogen (secondary N) is 1. The SMILES string of the molecule is Cc1cc(C)cc(CSCC(=O)N[C@@H](C)c2ccc(S(C)(=O)=O)cc2)c1. The molecule has 0 saturated carbocycles. The van der Waals surface area contributed by atoms with Crippen molar-refractivity contribution in [3.05, 3.63) is 64.7 Å². The lowest BCUT2D eigenvalue weighted by atomic mass is 10.1. The van der Waals surface area contributed by atoms with Crippen LogP contribution in [0.25, 0.3) is 0 Å². The Morgan fingerprint density at radius 3 is 2.19 bits per heavy atom. The van der Waals surface area contributed by atoms with Crippen LogP contribution in [-0.2, 0) is 20.4 Å². The summed E-state index contributed by atoms with van der Waals surface area (Å²) in [5.41, 5.74) is 4.57. The maximum absolute atomic E-state index is 12.1. The molecular formula is C20H25NO3S2. The van der Waals surface area contributed by atoms with Crippen LogP contribution in [0.3, 0.4) is 0 Å². The molecule has 2 aromatic carbocycles. The number of carbonyl (C=O) groups is 1. The molecule has 0 saturated heterocycles. The molecule has 0 unspecified atom stereocenters. The van der Waals surface area contributed by atoms with Gasteiger partial charge in [-0.2, -0.15) is 0 Å². The first-order chi connectivity index (χ1) is 12.1. The van der Waals surface area contributed by atoms with Gasteiger partial charge in [0.2, 0.25) is 5.91 Å². The zero-order chi connectivity index (χ0) is 19.3. The Morgan fingerprint density at radius 1 is 1.08 bits per heavy atom. The number of sulfone groups is 1. The van der Waals surface area contributed by atoms with Crippen LogP contribution in [0.15, 0.2) is 47.4 Å². The minimum atomic E-state index is -3.20. The summed E-state index contributed by atoms with van der Waals surface area (Å²) in [7, 11) is -3.20. The predicted molar refractivity (Wildman–Crippen MR) is 108 cm³/mol. The molecular weight excluding hydrogens is 366 g/mol. The first-order valence-electron chi connectivity index (χ1n) is 8.39. The van der Waals surface area contributed by atoms with Gasteiger partial charge in [0.05, 0.1) is 16.7 Å². The average molecular weight is 392 g/mol. The van der Waals surface area contributed by atoms with E-state index in [2.05, 4.69) is 37.4 Å². The molecule has 1 amide bonds. The van der Waals surface area contributed by atoms with Gasteiger partial charge in [0.15, 0.2) is 9.84 Å². The van der Waals surface area contributed by atoms with E-state index in [0.717, 1.165) is 11.3 Å². The lowest BCUT2D eigenvalue weighted by Gasteiger charge is -2.15. The fourth-order valence-electron chi connectivity index (χ4n) is 2.78. The molecule has 2 aromatic rings. The number of carbonyl (C=O) groups excluding carboxylic acids is 1. The number of hydrogen-bond donors (Lipinski definition) is 1. The van der Waals surface area contributed by atoms with Gasteiger partial charge in [-0.3, -0.25) is 4.79 Å². The van der Waals surface area contributed by atoms with Gasteiger partial charge in [0, 0.05) is 12.0 Å². The molecule has 4 nitrogen and oxygen atoms in total. The summed E-state index contributed by atoms with van der Waals surface area (Å²) in [6.07, 6.45) is 1.18. The Balaban J connectivity index is 1.85. The largest absolute Gasteiger partial charge is 0.349 e. The highest BCUT2D eigenvalue weighted by atomic mass is 32.2. The zero-order valence-electron chi connectivity index (χ0n) is 15.6. The van der Waals surface area contributed by atoms with Crippen molar-refractivity contribution < 1.29 is 13.2 Å². The lowest BCUT2D eigenvalue weighted by Crippen LogP contribution is -2.28. The summed E-state index contributed by atoms with van der Waals surface area (Å²) in [6, 6.07) is 12.9. The topological polar surface area (TPSA) is 63.2 Å². The Morgan fingerprint density at radius 2 is 1.65 bits per heavy atom. The highest BCUT2D eigenvalue weighted by molar-refractivity contribution is 7.99. The van der Waals surface area contributed by atoms with Gasteiger partial charge in [-0.25, -0.2) is 8.42 Å². The molecule has 0 aliphatic carbocycles. The minimum absolute atomic E-state index is 0.0286. The van der Waals surface area contributed by atoms with E-state index in [-0.39, 0.29) is 16.8 Å². The van der Waals surface area contributed by atoms with Crippen molar-refractivity contribution in [1.82, 2.24) is 5.32 Å². The lowest BCUT2D eigenvalue weighted by molar-refractivity contribution is -0.119. The smallest absolute Gasteiger partial charge is 0.230 e. The van der Waals surface area contributed by atoms with E-state index in [1.807, 2.05) is 6.92 Å². The molecule has 6 heteroatoms. The first kappa shape index (κ1) is 20.5. The van der Waals surface area contributed by atoms with Gasteiger partial charge in [0.25, 0.3) is 0 Å². The summed E-state index contributed by atoms with van der Waals surface area (Å²) in [5, 5.41) is 2.95. The molecule has 0 aliphatic heterocycles. The molecule has 0 fully saturated rings. The third-order valence-corrected chi connectivity index (χ3v) is 6.10. The van der Waals surface area contributed by atoms with Crippen molar-refractivity contribution in [3.63, 3.8) is 0 Å². The number of rotatable bonds is 7. The van der Waals surface area contributed by atoms with Gasteiger partial charge in [-0.1, -0.05) is 41.5 Å². The van der Waals surface area contributed by atoms with E-state index < -0.39 is 9.84 Å². The second kappa shape index (κ2) is 8.73. The molecule has 0 bridgehead atoms. The third kappa shape index (κ3) is 6.18. The van der Waals surface area contributed by atoms with Crippen LogP contribution in [-0.4, -0.2) is 26.3 Å². The summed E-state index contributed by atoms with van der Waals surface area (Å²) in [6.45, 7) is 6.04. The second-order valence-electron chi connectivity index (χ2n) is 6.62. The second-order valence-corrected chi connectivity index (χ2v) is 9.62. The number of benzene rings is 2. The van der Waals surface area contributed by atoms with Crippen molar-refractivity contribution in [3.8, 4) is 0 Å². The molecule has 0 aromatic heterocycles. The Labute approximate surface area is 160 Å². The summed E-state index contributed by atoms with van der Waals surface area (Å²) >= 11 is 1.58. The first-order valence-corrected chi connectivity index (χ1v) is 11.4. The van der Waals surface area contributed by atoms with Crippen LogP contribution < -0.4 is 5.32 Å². The quantitative estimate of drug-likeness (QED) is 0.779. The van der Waals surface area contributed by atoms with E-state index in [4.69, 9.17) is 0 Å². The molecule has 0 radical (unpaired) electrons. The maximum atomic E-state index is 12.1. The fourth-order valence-corrected chi connectivity index (χ4v) is 4.19. The number of amides is 1. The summed E-state index contributed by atoms with van der Waals surface area (Å²) in [4.78, 5) is 12.4. The summed E-state index contributed by atoms with van der Waals surface area (Å²) in [5.74, 6) is 1.16.